The molecule has 4 aromatic heterocycles. The van der Waals surface area contributed by atoms with Crippen LogP contribution in [0.1, 0.15) is 62.8 Å². The van der Waals surface area contributed by atoms with Crippen LogP contribution in [0, 0.1) is 52.4 Å². The molecular weight excluding hydrogens is 826 g/mol. The fourth-order valence-corrected chi connectivity index (χ4v) is 7.96. The van der Waals surface area contributed by atoms with E-state index in [1.54, 1.807) is 30.3 Å². The molecule has 0 saturated heterocycles. The Bertz CT molecular complexity index is 2600. The Morgan fingerprint density at radius 1 is 0.843 bits per heavy atom. The molecule has 0 amide bonds. The van der Waals surface area contributed by atoms with Crippen LogP contribution in [0.15, 0.2) is 83.5 Å². The molecule has 0 aliphatic rings. The summed E-state index contributed by atoms with van der Waals surface area (Å²) in [6.45, 7) is 12.0. The summed E-state index contributed by atoms with van der Waals surface area (Å²) in [5.74, 6) is -1.12. The molecule has 0 atom stereocenters. The van der Waals surface area contributed by atoms with Gasteiger partial charge in [0.2, 0.25) is 5.71 Å². The number of pyridine rings is 3. The molecule has 0 spiro atoms. The quantitative estimate of drug-likeness (QED) is 0.128. The van der Waals surface area contributed by atoms with Crippen LogP contribution in [0.2, 0.25) is 19.6 Å². The molecule has 0 bridgehead atoms. The van der Waals surface area contributed by atoms with Gasteiger partial charge in [0.05, 0.1) is 19.9 Å². The predicted molar refractivity (Wildman–Crippen MR) is 208 cm³/mol. The zero-order valence-electron chi connectivity index (χ0n) is 37.0. The molecule has 0 unspecified atom stereocenters. The maximum Gasteiger partial charge on any atom is 0.216 e. The first-order valence-electron chi connectivity index (χ1n) is 20.0. The first kappa shape index (κ1) is 29.3. The number of hydrogen-bond donors (Lipinski definition) is 0. The summed E-state index contributed by atoms with van der Waals surface area (Å²) in [6, 6.07) is 25.5. The molecular formula is C44H44FIrN3OSi-2. The van der Waals surface area contributed by atoms with E-state index < -0.39 is 33.5 Å². The normalized spacial score (nSPS) is 14.2. The third-order valence-corrected chi connectivity index (χ3v) is 10.7. The van der Waals surface area contributed by atoms with Crippen molar-refractivity contribution in [2.75, 3.05) is 0 Å². The standard InChI is InChI=1S/C26H20FN2O.C18H24NSi.Ir/c1-14-10-15(2)24(16(3)11-14)21-12-23(28-13-22(21)27)20-7-5-6-18-19-9-8-17(4)29-26(19)30-25(18)20;1-13(2)16-11-17(15-9-7-14(3)8-10-15)19-12-18(16)20(4,5)6;/h5-6,8-13H,1-4H3;7-9,11-13H,1-6H3;/q2*-1;/i4D3;3D3,13D;. The van der Waals surface area contributed by atoms with Gasteiger partial charge in [-0.05, 0) is 78.9 Å². The molecule has 0 aliphatic heterocycles. The van der Waals surface area contributed by atoms with E-state index in [1.165, 1.54) is 23.5 Å². The Morgan fingerprint density at radius 2 is 1.59 bits per heavy atom. The van der Waals surface area contributed by atoms with Crippen LogP contribution in [0.3, 0.4) is 0 Å². The van der Waals surface area contributed by atoms with Crippen molar-refractivity contribution >= 4 is 35.3 Å². The molecule has 0 fully saturated rings. The van der Waals surface area contributed by atoms with Gasteiger partial charge in [0.15, 0.2) is 0 Å². The van der Waals surface area contributed by atoms with Crippen molar-refractivity contribution in [2.45, 2.75) is 73.9 Å². The first-order valence-corrected chi connectivity index (χ1v) is 20.0. The van der Waals surface area contributed by atoms with Crippen molar-refractivity contribution in [3.63, 3.8) is 0 Å². The summed E-state index contributed by atoms with van der Waals surface area (Å²) in [6.07, 6.45) is 3.10. The second-order valence-electron chi connectivity index (χ2n) is 13.9. The van der Waals surface area contributed by atoms with Crippen LogP contribution in [-0.4, -0.2) is 23.0 Å². The SMILES string of the molecule is [2H]C([2H])([2H])c1c[c-]c(-c2cc(C([2H])(C)C)c([Si](C)(C)C)cn2)cc1.[2H]C([2H])([2H])c1ccc2c(n1)oc1c(-c3cc(-c4c(C)cc(C)cc4C)c(F)cn3)[c-]ccc12.[Ir]. The molecule has 7 aromatic rings. The Labute approximate surface area is 325 Å². The molecule has 1 radical (unpaired) electrons. The number of halogens is 1. The van der Waals surface area contributed by atoms with Crippen molar-refractivity contribution in [1.82, 2.24) is 15.0 Å². The number of furan rings is 1. The number of rotatable bonds is 5. The van der Waals surface area contributed by atoms with Gasteiger partial charge < -0.3 is 14.4 Å². The van der Waals surface area contributed by atoms with Gasteiger partial charge in [0.1, 0.15) is 5.82 Å². The molecule has 0 aliphatic carbocycles. The van der Waals surface area contributed by atoms with E-state index in [2.05, 4.69) is 46.7 Å². The average Bonchev–Trinajstić information content (AvgIpc) is 3.49. The van der Waals surface area contributed by atoms with E-state index in [0.29, 0.717) is 27.8 Å². The Hall–Kier alpha value is -4.29. The summed E-state index contributed by atoms with van der Waals surface area (Å²) in [7, 11) is -1.61. The van der Waals surface area contributed by atoms with Crippen LogP contribution in [0.5, 0.6) is 0 Å². The summed E-state index contributed by atoms with van der Waals surface area (Å²) in [5.41, 5.74) is 8.84. The second-order valence-corrected chi connectivity index (χ2v) is 19.0. The summed E-state index contributed by atoms with van der Waals surface area (Å²) >= 11 is 0. The van der Waals surface area contributed by atoms with Crippen molar-refractivity contribution < 1.29 is 38.5 Å². The van der Waals surface area contributed by atoms with E-state index >= 15 is 0 Å². The van der Waals surface area contributed by atoms with Gasteiger partial charge in [-0.3, -0.25) is 0 Å². The molecule has 0 saturated carbocycles. The van der Waals surface area contributed by atoms with Gasteiger partial charge in [-0.2, -0.15) is 0 Å². The van der Waals surface area contributed by atoms with Crippen molar-refractivity contribution in [2.24, 2.45) is 0 Å². The van der Waals surface area contributed by atoms with E-state index in [-0.39, 0.29) is 37.1 Å². The number of hydrogen-bond acceptors (Lipinski definition) is 4. The van der Waals surface area contributed by atoms with E-state index in [4.69, 9.17) is 14.0 Å². The van der Waals surface area contributed by atoms with Gasteiger partial charge >= 0.3 is 0 Å². The summed E-state index contributed by atoms with van der Waals surface area (Å²) in [4.78, 5) is 13.1. The van der Waals surface area contributed by atoms with Crippen molar-refractivity contribution in [3.8, 4) is 33.6 Å². The molecule has 7 heteroatoms. The Balaban J connectivity index is 0.000000229. The van der Waals surface area contributed by atoms with Crippen LogP contribution in [-0.2, 0) is 20.1 Å². The van der Waals surface area contributed by atoms with Crippen LogP contribution >= 0.6 is 0 Å². The fraction of sp³-hybridized carbons (Fsp3) is 0.250. The second kappa shape index (κ2) is 15.1. The average molecular weight is 877 g/mol. The number of aryl methyl sites for hydroxylation is 5. The predicted octanol–water partition coefficient (Wildman–Crippen LogP) is 11.4. The van der Waals surface area contributed by atoms with Gasteiger partial charge in [0, 0.05) is 52.5 Å². The molecule has 263 valence electrons. The molecule has 3 aromatic carbocycles. The summed E-state index contributed by atoms with van der Waals surface area (Å²) in [5, 5.41) is 2.64. The van der Waals surface area contributed by atoms with Crippen LogP contribution in [0.4, 0.5) is 4.39 Å². The van der Waals surface area contributed by atoms with E-state index in [0.717, 1.165) is 44.5 Å². The minimum atomic E-state index is -2.33. The van der Waals surface area contributed by atoms with Gasteiger partial charge in [0.25, 0.3) is 0 Å². The first-order chi connectivity index (χ1) is 26.4. The third kappa shape index (κ3) is 7.96. The van der Waals surface area contributed by atoms with Crippen molar-refractivity contribution in [3.05, 3.63) is 131 Å². The Kier molecular flexibility index (Phi) is 8.69. The minimum absolute atomic E-state index is 0. The minimum Gasteiger partial charge on any atom is -0.486 e. The topological polar surface area (TPSA) is 51.8 Å². The van der Waals surface area contributed by atoms with Crippen LogP contribution < -0.4 is 5.19 Å². The number of nitrogens with zero attached hydrogens (tertiary/aromatic N) is 3. The molecule has 51 heavy (non-hydrogen) atoms. The molecule has 7 rings (SSSR count). The fourth-order valence-electron chi connectivity index (χ4n) is 6.38. The monoisotopic (exact) mass is 877 g/mol. The van der Waals surface area contributed by atoms with Crippen molar-refractivity contribution in [1.29, 1.82) is 0 Å². The van der Waals surface area contributed by atoms with Crippen LogP contribution in [0.25, 0.3) is 55.7 Å². The molecule has 4 heterocycles. The smallest absolute Gasteiger partial charge is 0.216 e. The summed E-state index contributed by atoms with van der Waals surface area (Å²) < 4.78 is 74.5. The molecule has 0 N–H and O–H groups in total. The van der Waals surface area contributed by atoms with E-state index in [9.17, 15) is 4.39 Å². The zero-order chi connectivity index (χ0) is 41.8. The zero-order valence-corrected chi connectivity index (χ0v) is 33.4. The molecule has 4 nitrogen and oxygen atoms in total. The van der Waals surface area contributed by atoms with Gasteiger partial charge in [-0.25, -0.2) is 9.37 Å². The largest absolute Gasteiger partial charge is 0.486 e. The Morgan fingerprint density at radius 3 is 2.24 bits per heavy atom. The van der Waals surface area contributed by atoms with E-state index in [1.807, 2.05) is 65.1 Å². The number of benzene rings is 3. The number of fused-ring (bicyclic) bond motifs is 3. The number of aromatic nitrogens is 3. The maximum absolute atomic E-state index is 14.9. The maximum atomic E-state index is 14.9. The van der Waals surface area contributed by atoms with Gasteiger partial charge in [-0.15, -0.1) is 53.6 Å². The third-order valence-electron chi connectivity index (χ3n) is 8.70. The van der Waals surface area contributed by atoms with Gasteiger partial charge in [-0.1, -0.05) is 86.7 Å².